The summed E-state index contributed by atoms with van der Waals surface area (Å²) >= 11 is 0. The van der Waals surface area contributed by atoms with Gasteiger partial charge in [-0.25, -0.2) is 4.98 Å². The fourth-order valence-corrected chi connectivity index (χ4v) is 2.13. The summed E-state index contributed by atoms with van der Waals surface area (Å²) in [6.07, 6.45) is 1.11. The monoisotopic (exact) mass is 209 g/mol. The molecule has 0 radical (unpaired) electrons. The Hall–Kier alpha value is -0.870. The second-order valence-electron chi connectivity index (χ2n) is 4.13. The topological polar surface area (TPSA) is 30.3 Å². The molecular weight excluding hydrogens is 190 g/mol. The van der Waals surface area contributed by atoms with Crippen molar-refractivity contribution in [2.45, 2.75) is 19.9 Å². The predicted molar refractivity (Wildman–Crippen MR) is 58.8 cm³/mol. The van der Waals surface area contributed by atoms with Crippen molar-refractivity contribution >= 4 is 0 Å². The standard InChI is InChI=1S/C11H19N3O/c1-9-12-10-8-14(6-7-15-3)5-4-11(10)13(9)2/h4-8H2,1-3H3. The fraction of sp³-hybridized carbons (Fsp3) is 0.727. The van der Waals surface area contributed by atoms with Gasteiger partial charge in [-0.2, -0.15) is 0 Å². The van der Waals surface area contributed by atoms with E-state index in [0.717, 1.165) is 38.5 Å². The first-order valence-electron chi connectivity index (χ1n) is 5.44. The molecule has 0 N–H and O–H groups in total. The quantitative estimate of drug-likeness (QED) is 0.735. The van der Waals surface area contributed by atoms with Gasteiger partial charge in [0.15, 0.2) is 0 Å². The normalized spacial score (nSPS) is 16.7. The molecule has 4 heteroatoms. The van der Waals surface area contributed by atoms with Gasteiger partial charge in [0.25, 0.3) is 0 Å². The van der Waals surface area contributed by atoms with Crippen molar-refractivity contribution in [2.24, 2.45) is 7.05 Å². The van der Waals surface area contributed by atoms with Crippen LogP contribution < -0.4 is 0 Å². The zero-order chi connectivity index (χ0) is 10.8. The minimum atomic E-state index is 0.807. The summed E-state index contributed by atoms with van der Waals surface area (Å²) in [5.74, 6) is 1.12. The van der Waals surface area contributed by atoms with Crippen molar-refractivity contribution in [3.63, 3.8) is 0 Å². The Morgan fingerprint density at radius 1 is 1.47 bits per heavy atom. The minimum absolute atomic E-state index is 0.807. The Labute approximate surface area is 90.9 Å². The molecule has 84 valence electrons. The SMILES string of the molecule is COCCN1CCc2c(nc(C)n2C)C1. The van der Waals surface area contributed by atoms with E-state index in [-0.39, 0.29) is 0 Å². The molecule has 1 aliphatic rings. The summed E-state index contributed by atoms with van der Waals surface area (Å²) in [6.45, 7) is 5.97. The maximum Gasteiger partial charge on any atom is 0.105 e. The Balaban J connectivity index is 2.07. The molecule has 15 heavy (non-hydrogen) atoms. The molecule has 0 saturated carbocycles. The van der Waals surface area contributed by atoms with Gasteiger partial charge in [-0.05, 0) is 6.92 Å². The van der Waals surface area contributed by atoms with Crippen LogP contribution in [0.2, 0.25) is 0 Å². The molecule has 4 nitrogen and oxygen atoms in total. The molecule has 0 unspecified atom stereocenters. The van der Waals surface area contributed by atoms with Crippen LogP contribution in [0.3, 0.4) is 0 Å². The number of imidazole rings is 1. The van der Waals surface area contributed by atoms with Crippen molar-refractivity contribution in [3.8, 4) is 0 Å². The first-order chi connectivity index (χ1) is 7.22. The Morgan fingerprint density at radius 2 is 2.27 bits per heavy atom. The number of hydrogen-bond acceptors (Lipinski definition) is 3. The largest absolute Gasteiger partial charge is 0.383 e. The molecular formula is C11H19N3O. The van der Waals surface area contributed by atoms with Crippen molar-refractivity contribution < 1.29 is 4.74 Å². The van der Waals surface area contributed by atoms with Crippen LogP contribution in [0.15, 0.2) is 0 Å². The molecule has 1 aromatic heterocycles. The highest BCUT2D eigenvalue weighted by Crippen LogP contribution is 2.18. The van der Waals surface area contributed by atoms with Crippen molar-refractivity contribution in [1.82, 2.24) is 14.5 Å². The summed E-state index contributed by atoms with van der Waals surface area (Å²) < 4.78 is 7.31. The van der Waals surface area contributed by atoms with E-state index in [1.807, 2.05) is 0 Å². The van der Waals surface area contributed by atoms with Gasteiger partial charge >= 0.3 is 0 Å². The van der Waals surface area contributed by atoms with E-state index in [1.54, 1.807) is 7.11 Å². The van der Waals surface area contributed by atoms with E-state index in [1.165, 1.54) is 11.4 Å². The molecule has 0 amide bonds. The second kappa shape index (κ2) is 4.33. The number of ether oxygens (including phenoxy) is 1. The molecule has 0 spiro atoms. The van der Waals surface area contributed by atoms with Gasteiger partial charge in [-0.1, -0.05) is 0 Å². The van der Waals surface area contributed by atoms with Gasteiger partial charge in [0.05, 0.1) is 12.3 Å². The van der Waals surface area contributed by atoms with E-state index in [4.69, 9.17) is 4.74 Å². The zero-order valence-electron chi connectivity index (χ0n) is 9.79. The first kappa shape index (κ1) is 10.6. The predicted octanol–water partition coefficient (Wildman–Crippen LogP) is 0.733. The summed E-state index contributed by atoms with van der Waals surface area (Å²) in [5.41, 5.74) is 2.65. The zero-order valence-corrected chi connectivity index (χ0v) is 9.79. The average molecular weight is 209 g/mol. The third kappa shape index (κ3) is 2.06. The third-order valence-electron chi connectivity index (χ3n) is 3.17. The lowest BCUT2D eigenvalue weighted by molar-refractivity contribution is 0.139. The maximum atomic E-state index is 5.09. The molecule has 0 aliphatic carbocycles. The number of aryl methyl sites for hydroxylation is 1. The highest BCUT2D eigenvalue weighted by molar-refractivity contribution is 5.19. The molecule has 0 fully saturated rings. The van der Waals surface area contributed by atoms with Gasteiger partial charge in [-0.3, -0.25) is 4.90 Å². The first-order valence-corrected chi connectivity index (χ1v) is 5.44. The number of rotatable bonds is 3. The molecule has 0 saturated heterocycles. The van der Waals surface area contributed by atoms with Gasteiger partial charge < -0.3 is 9.30 Å². The Morgan fingerprint density at radius 3 is 3.00 bits per heavy atom. The molecule has 0 aromatic carbocycles. The van der Waals surface area contributed by atoms with E-state index >= 15 is 0 Å². The molecule has 2 heterocycles. The van der Waals surface area contributed by atoms with E-state index in [2.05, 4.69) is 28.4 Å². The highest BCUT2D eigenvalue weighted by atomic mass is 16.5. The third-order valence-corrected chi connectivity index (χ3v) is 3.17. The number of fused-ring (bicyclic) bond motifs is 1. The number of nitrogens with zero attached hydrogens (tertiary/aromatic N) is 3. The van der Waals surface area contributed by atoms with Crippen LogP contribution in [-0.2, 0) is 24.8 Å². The molecule has 2 rings (SSSR count). The van der Waals surface area contributed by atoms with Crippen LogP contribution in [-0.4, -0.2) is 41.3 Å². The van der Waals surface area contributed by atoms with E-state index in [0.29, 0.717) is 0 Å². The lowest BCUT2D eigenvalue weighted by Gasteiger charge is -2.26. The van der Waals surface area contributed by atoms with Gasteiger partial charge in [0.2, 0.25) is 0 Å². The van der Waals surface area contributed by atoms with E-state index in [9.17, 15) is 0 Å². The van der Waals surface area contributed by atoms with Crippen LogP contribution in [0.25, 0.3) is 0 Å². The fourth-order valence-electron chi connectivity index (χ4n) is 2.13. The number of hydrogen-bond donors (Lipinski definition) is 0. The summed E-state index contributed by atoms with van der Waals surface area (Å²) in [4.78, 5) is 6.99. The summed E-state index contributed by atoms with van der Waals surface area (Å²) in [5, 5.41) is 0. The van der Waals surface area contributed by atoms with Gasteiger partial charge in [0, 0.05) is 45.9 Å². The average Bonchev–Trinajstić information content (AvgIpc) is 2.52. The lowest BCUT2D eigenvalue weighted by atomic mass is 10.1. The number of aromatic nitrogens is 2. The Kier molecular flexibility index (Phi) is 3.07. The number of methoxy groups -OCH3 is 1. The van der Waals surface area contributed by atoms with Crippen molar-refractivity contribution in [2.75, 3.05) is 26.8 Å². The minimum Gasteiger partial charge on any atom is -0.383 e. The molecule has 0 bridgehead atoms. The maximum absolute atomic E-state index is 5.09. The van der Waals surface area contributed by atoms with Crippen LogP contribution in [0, 0.1) is 6.92 Å². The van der Waals surface area contributed by atoms with E-state index < -0.39 is 0 Å². The van der Waals surface area contributed by atoms with Gasteiger partial charge in [-0.15, -0.1) is 0 Å². The van der Waals surface area contributed by atoms with Crippen LogP contribution in [0.1, 0.15) is 17.2 Å². The summed E-state index contributed by atoms with van der Waals surface area (Å²) in [6, 6.07) is 0. The smallest absolute Gasteiger partial charge is 0.105 e. The molecule has 0 atom stereocenters. The van der Waals surface area contributed by atoms with Gasteiger partial charge in [0.1, 0.15) is 5.82 Å². The Bertz CT molecular complexity index is 346. The molecule has 1 aliphatic heterocycles. The summed E-state index contributed by atoms with van der Waals surface area (Å²) in [7, 11) is 3.85. The van der Waals surface area contributed by atoms with Crippen molar-refractivity contribution in [1.29, 1.82) is 0 Å². The lowest BCUT2D eigenvalue weighted by Crippen LogP contribution is -2.33. The van der Waals surface area contributed by atoms with Crippen LogP contribution in [0.5, 0.6) is 0 Å². The molecule has 1 aromatic rings. The van der Waals surface area contributed by atoms with Crippen molar-refractivity contribution in [3.05, 3.63) is 17.2 Å². The highest BCUT2D eigenvalue weighted by Gasteiger charge is 2.20. The van der Waals surface area contributed by atoms with Crippen LogP contribution >= 0.6 is 0 Å². The second-order valence-corrected chi connectivity index (χ2v) is 4.13. The van der Waals surface area contributed by atoms with Crippen LogP contribution in [0.4, 0.5) is 0 Å².